The molecule has 0 saturated carbocycles. The largest absolute Gasteiger partial charge is 0.508 e. The summed E-state index contributed by atoms with van der Waals surface area (Å²) in [6.07, 6.45) is 5.24. The fourth-order valence-corrected chi connectivity index (χ4v) is 8.63. The third-order valence-corrected chi connectivity index (χ3v) is 13.1. The van der Waals surface area contributed by atoms with Gasteiger partial charge in [0, 0.05) is 62.6 Å². The number of likely N-dealkylation sites (tertiary alicyclic amines) is 1. The van der Waals surface area contributed by atoms with Gasteiger partial charge in [0.1, 0.15) is 48.0 Å². The van der Waals surface area contributed by atoms with Crippen LogP contribution in [0.1, 0.15) is 74.9 Å². The van der Waals surface area contributed by atoms with Gasteiger partial charge in [0.25, 0.3) is 0 Å². The third kappa shape index (κ3) is 18.4. The highest BCUT2D eigenvalue weighted by Crippen LogP contribution is 2.21. The van der Waals surface area contributed by atoms with E-state index in [9.17, 15) is 58.5 Å². The fourth-order valence-electron chi connectivity index (χ4n) is 8.63. The number of hydrogen-bond acceptors (Lipinski definition) is 14. The summed E-state index contributed by atoms with van der Waals surface area (Å²) in [5.41, 5.74) is 18.6. The van der Waals surface area contributed by atoms with Gasteiger partial charge in [-0.15, -0.1) is 0 Å². The van der Waals surface area contributed by atoms with E-state index < -0.39 is 114 Å². The molecule has 17 N–H and O–H groups in total. The maximum absolute atomic E-state index is 14.7. The molecular formula is C51H69N15O12. The summed E-state index contributed by atoms with van der Waals surface area (Å²) in [6, 6.07) is 3.56. The predicted octanol–water partition coefficient (Wildman–Crippen LogP) is -2.00. The quantitative estimate of drug-likeness (QED) is 0.0152. The van der Waals surface area contributed by atoms with Crippen molar-refractivity contribution in [3.63, 3.8) is 0 Å². The van der Waals surface area contributed by atoms with Gasteiger partial charge in [-0.25, -0.2) is 14.8 Å². The Morgan fingerprint density at radius 3 is 1.83 bits per heavy atom. The zero-order valence-corrected chi connectivity index (χ0v) is 43.2. The molecule has 2 aromatic heterocycles. The van der Waals surface area contributed by atoms with Gasteiger partial charge < -0.3 is 79.3 Å². The predicted molar refractivity (Wildman–Crippen MR) is 280 cm³/mol. The molecule has 27 heteroatoms. The monoisotopic (exact) mass is 1080 g/mol. The molecule has 9 atom stereocenters. The molecule has 4 aromatic rings. The van der Waals surface area contributed by atoms with Crippen LogP contribution in [-0.2, 0) is 68.8 Å². The first-order valence-corrected chi connectivity index (χ1v) is 25.4. The molecule has 0 radical (unpaired) electrons. The SMILES string of the molecule is CC[C@H](C)[C@H](NC(=O)[C@H](Cc1ccc(O)cc1)NC(=O)[C@H](Cc1cnc[nH]1)NC(=O)[C@H](CCCN=C(N)N)NC(=O)[C@@H](N)CC(=O)O)C(=O)N[C@@H](Cc1cnc[nH]1)C(=O)N1CCC[C@H]1C(=O)N[C@@H](Cc1ccccc1)C(=O)O. The number of carbonyl (C=O) groups excluding carboxylic acids is 7. The lowest BCUT2D eigenvalue weighted by Crippen LogP contribution is -2.61. The number of aliphatic carboxylic acids is 2. The molecule has 27 nitrogen and oxygen atoms in total. The average Bonchev–Trinajstić information content (AvgIpc) is 4.23. The molecule has 0 unspecified atom stereocenters. The number of aromatic hydroxyl groups is 1. The highest BCUT2D eigenvalue weighted by molar-refractivity contribution is 5.98. The van der Waals surface area contributed by atoms with E-state index in [1.165, 1.54) is 54.2 Å². The topological polar surface area (TPSA) is 438 Å². The number of phenols is 1. The van der Waals surface area contributed by atoms with Crippen molar-refractivity contribution in [3.05, 3.63) is 102 Å². The zero-order valence-electron chi connectivity index (χ0n) is 43.2. The van der Waals surface area contributed by atoms with E-state index >= 15 is 0 Å². The normalized spacial score (nSPS) is 16.1. The van der Waals surface area contributed by atoms with Gasteiger partial charge in [-0.1, -0.05) is 62.7 Å². The minimum Gasteiger partial charge on any atom is -0.508 e. The number of aromatic amines is 2. The number of carboxylic acids is 2. The van der Waals surface area contributed by atoms with E-state index in [-0.39, 0.29) is 69.7 Å². The van der Waals surface area contributed by atoms with Gasteiger partial charge in [0.2, 0.25) is 41.4 Å². The number of benzene rings is 2. The first-order valence-electron chi connectivity index (χ1n) is 25.4. The Morgan fingerprint density at radius 2 is 1.26 bits per heavy atom. The van der Waals surface area contributed by atoms with E-state index in [1.807, 2.05) is 0 Å². The maximum Gasteiger partial charge on any atom is 0.326 e. The lowest BCUT2D eigenvalue weighted by atomic mass is 9.96. The number of nitrogens with one attached hydrogen (secondary N) is 8. The van der Waals surface area contributed by atoms with Crippen LogP contribution >= 0.6 is 0 Å². The maximum atomic E-state index is 14.7. The van der Waals surface area contributed by atoms with E-state index in [0.29, 0.717) is 35.4 Å². The van der Waals surface area contributed by atoms with Crippen molar-refractivity contribution in [1.82, 2.24) is 56.7 Å². The molecule has 5 rings (SSSR count). The summed E-state index contributed by atoms with van der Waals surface area (Å²) in [7, 11) is 0. The Balaban J connectivity index is 1.40. The molecule has 420 valence electrons. The Hall–Kier alpha value is -8.88. The van der Waals surface area contributed by atoms with Gasteiger partial charge in [0.05, 0.1) is 25.1 Å². The van der Waals surface area contributed by atoms with Gasteiger partial charge in [0.15, 0.2) is 5.96 Å². The van der Waals surface area contributed by atoms with Crippen LogP contribution in [0.2, 0.25) is 0 Å². The van der Waals surface area contributed by atoms with Crippen LogP contribution in [0.15, 0.2) is 84.6 Å². The number of carboxylic acid groups (broad SMARTS) is 2. The van der Waals surface area contributed by atoms with E-state index in [4.69, 9.17) is 17.2 Å². The number of hydrogen-bond donors (Lipinski definition) is 14. The summed E-state index contributed by atoms with van der Waals surface area (Å²) in [4.78, 5) is 142. The molecule has 1 aliphatic rings. The lowest BCUT2D eigenvalue weighted by molar-refractivity contribution is -0.145. The Kier molecular flexibility index (Phi) is 22.6. The molecule has 0 aliphatic carbocycles. The number of rotatable bonds is 30. The smallest absolute Gasteiger partial charge is 0.326 e. The second-order valence-corrected chi connectivity index (χ2v) is 19.0. The number of guanidine groups is 1. The molecule has 78 heavy (non-hydrogen) atoms. The number of aliphatic imine (C=N–C) groups is 1. The molecule has 0 spiro atoms. The minimum absolute atomic E-state index is 0.00860. The van der Waals surface area contributed by atoms with Gasteiger partial charge >= 0.3 is 11.9 Å². The summed E-state index contributed by atoms with van der Waals surface area (Å²) in [5.74, 6) is -9.29. The molecule has 1 fully saturated rings. The van der Waals surface area contributed by atoms with Crippen molar-refractivity contribution >= 4 is 59.2 Å². The number of aromatic nitrogens is 4. The number of nitrogens with zero attached hydrogens (tertiary/aromatic N) is 4. The second-order valence-electron chi connectivity index (χ2n) is 19.0. The number of amides is 7. The molecular weight excluding hydrogens is 1010 g/mol. The van der Waals surface area contributed by atoms with Crippen LogP contribution in [0, 0.1) is 5.92 Å². The van der Waals surface area contributed by atoms with Crippen LogP contribution in [0.4, 0.5) is 0 Å². The number of nitrogens with two attached hydrogens (primary N) is 3. The van der Waals surface area contributed by atoms with Crippen LogP contribution in [0.25, 0.3) is 0 Å². The average molecular weight is 1080 g/mol. The summed E-state index contributed by atoms with van der Waals surface area (Å²) in [6.45, 7) is 3.62. The van der Waals surface area contributed by atoms with Crippen LogP contribution < -0.4 is 49.1 Å². The summed E-state index contributed by atoms with van der Waals surface area (Å²) >= 11 is 0. The zero-order chi connectivity index (χ0) is 56.9. The van der Waals surface area contributed by atoms with E-state index in [1.54, 1.807) is 44.2 Å². The molecule has 3 heterocycles. The van der Waals surface area contributed by atoms with Crippen LogP contribution in [0.3, 0.4) is 0 Å². The molecule has 0 bridgehead atoms. The van der Waals surface area contributed by atoms with Crippen molar-refractivity contribution in [2.75, 3.05) is 13.1 Å². The van der Waals surface area contributed by atoms with Gasteiger partial charge in [-0.05, 0) is 54.9 Å². The summed E-state index contributed by atoms with van der Waals surface area (Å²) < 4.78 is 0. The van der Waals surface area contributed by atoms with Crippen LogP contribution in [0.5, 0.6) is 5.75 Å². The van der Waals surface area contributed by atoms with E-state index in [0.717, 1.165) is 0 Å². The van der Waals surface area contributed by atoms with Gasteiger partial charge in [-0.2, -0.15) is 0 Å². The highest BCUT2D eigenvalue weighted by Gasteiger charge is 2.41. The minimum atomic E-state index is -1.54. The molecule has 7 amide bonds. The van der Waals surface area contributed by atoms with Crippen LogP contribution in [-0.4, -0.2) is 161 Å². The molecule has 1 saturated heterocycles. The van der Waals surface area contributed by atoms with Crippen molar-refractivity contribution in [2.24, 2.45) is 28.1 Å². The first-order chi connectivity index (χ1) is 37.2. The molecule has 2 aromatic carbocycles. The lowest BCUT2D eigenvalue weighted by Gasteiger charge is -2.32. The number of imidazole rings is 2. The number of phenolic OH excluding ortho intramolecular Hbond substituents is 1. The Labute approximate surface area is 448 Å². The Bertz CT molecular complexity index is 2690. The Morgan fingerprint density at radius 1 is 0.705 bits per heavy atom. The third-order valence-electron chi connectivity index (χ3n) is 13.1. The standard InChI is InChI=1S/C51H69N15O12/c1-3-28(2)42(48(75)63-38(22-32-25-56-27-59-32)49(76)66-18-8-12-40(66)47(74)64-39(50(77)78)20-29-9-5-4-6-10-29)65-46(73)36(19-30-13-15-33(67)16-14-30)61-45(72)37(21-31-24-55-26-58-31)62-44(71)35(11-7-17-57-51(53)54)60-43(70)34(52)23-41(68)69/h4-6,9-10,13-16,24-28,34-40,42,67H,3,7-8,11-12,17-23,52H2,1-2H3,(H,55,58)(H,56,59)(H,60,70)(H,61,72)(H,62,71)(H,63,75)(H,64,74)(H,65,73)(H,68,69)(H,77,78)(H4,53,54,57)/t28-,34-,35-,36-,37-,38-,39-,40-,42-/m0/s1. The van der Waals surface area contributed by atoms with Crippen molar-refractivity contribution < 1.29 is 58.5 Å². The van der Waals surface area contributed by atoms with Crippen molar-refractivity contribution in [1.29, 1.82) is 0 Å². The van der Waals surface area contributed by atoms with Gasteiger partial charge in [-0.3, -0.25) is 43.3 Å². The number of carbonyl (C=O) groups is 9. The van der Waals surface area contributed by atoms with Crippen molar-refractivity contribution in [2.45, 2.75) is 126 Å². The fraction of sp³-hybridized carbons (Fsp3) is 0.451. The second kappa shape index (κ2) is 29.4. The first kappa shape index (κ1) is 60.0. The molecule has 1 aliphatic heterocycles. The highest BCUT2D eigenvalue weighted by atomic mass is 16.4. The summed E-state index contributed by atoms with van der Waals surface area (Å²) in [5, 5.41) is 45.2. The van der Waals surface area contributed by atoms with Crippen molar-refractivity contribution in [3.8, 4) is 5.75 Å². The van der Waals surface area contributed by atoms with E-state index in [2.05, 4.69) is 56.8 Å². The number of H-pyrrole nitrogens is 2.